The lowest BCUT2D eigenvalue weighted by atomic mass is 10.2. The number of nitrogens with one attached hydrogen (secondary N) is 1. The van der Waals surface area contributed by atoms with Crippen molar-refractivity contribution in [1.82, 2.24) is 0 Å². The molecule has 0 aliphatic rings. The first-order valence-corrected chi connectivity index (χ1v) is 4.96. The Morgan fingerprint density at radius 1 is 1.53 bits per heavy atom. The van der Waals surface area contributed by atoms with E-state index in [1.807, 2.05) is 18.2 Å². The maximum absolute atomic E-state index is 10.4. The summed E-state index contributed by atoms with van der Waals surface area (Å²) >= 11 is 5.89. The van der Waals surface area contributed by atoms with Crippen LogP contribution in [0.5, 0.6) is 0 Å². The predicted octanol–water partition coefficient (Wildman–Crippen LogP) is 1.55. The number of rotatable bonds is 5. The number of carboxylic acids is 1. The third-order valence-electron chi connectivity index (χ3n) is 1.96. The first-order chi connectivity index (χ1) is 7.11. The second kappa shape index (κ2) is 5.58. The summed E-state index contributed by atoms with van der Waals surface area (Å²) in [6.07, 6.45) is 0.362. The van der Waals surface area contributed by atoms with Gasteiger partial charge in [-0.2, -0.15) is 0 Å². The van der Waals surface area contributed by atoms with E-state index in [4.69, 9.17) is 22.4 Å². The summed E-state index contributed by atoms with van der Waals surface area (Å²) in [6, 6.07) is 6.44. The highest BCUT2D eigenvalue weighted by atomic mass is 35.5. The van der Waals surface area contributed by atoms with Crippen molar-refractivity contribution < 1.29 is 9.90 Å². The third kappa shape index (κ3) is 3.77. The number of carboxylic acid groups (broad SMARTS) is 1. The third-order valence-corrected chi connectivity index (χ3v) is 2.29. The molecule has 0 saturated heterocycles. The molecule has 0 bridgehead atoms. The molecule has 4 nitrogen and oxygen atoms in total. The molecule has 0 saturated carbocycles. The minimum atomic E-state index is -0.990. The SMILES string of the molecule is NC(CCNc1ccccc1Cl)C(=O)O. The molecule has 1 atom stereocenters. The zero-order valence-corrected chi connectivity index (χ0v) is 8.87. The van der Waals surface area contributed by atoms with Crippen LogP contribution in [0.15, 0.2) is 24.3 Å². The van der Waals surface area contributed by atoms with E-state index < -0.39 is 12.0 Å². The van der Waals surface area contributed by atoms with E-state index in [1.165, 1.54) is 0 Å². The van der Waals surface area contributed by atoms with Crippen LogP contribution in [0.25, 0.3) is 0 Å². The smallest absolute Gasteiger partial charge is 0.320 e. The Labute approximate surface area is 93.0 Å². The fourth-order valence-corrected chi connectivity index (χ4v) is 1.29. The van der Waals surface area contributed by atoms with Gasteiger partial charge in [-0.3, -0.25) is 4.79 Å². The van der Waals surface area contributed by atoms with Gasteiger partial charge in [0.15, 0.2) is 0 Å². The molecule has 0 fully saturated rings. The Bertz CT molecular complexity index is 344. The molecule has 0 aliphatic carbocycles. The number of hydrogen-bond donors (Lipinski definition) is 3. The van der Waals surface area contributed by atoms with Gasteiger partial charge in [0.2, 0.25) is 0 Å². The molecule has 5 heteroatoms. The summed E-state index contributed by atoms with van der Waals surface area (Å²) in [5, 5.41) is 12.2. The van der Waals surface area contributed by atoms with Crippen molar-refractivity contribution in [2.75, 3.05) is 11.9 Å². The van der Waals surface area contributed by atoms with Crippen LogP contribution in [0.1, 0.15) is 6.42 Å². The molecule has 1 aromatic rings. The monoisotopic (exact) mass is 228 g/mol. The quantitative estimate of drug-likeness (QED) is 0.715. The van der Waals surface area contributed by atoms with Crippen LogP contribution in [-0.2, 0) is 4.79 Å². The van der Waals surface area contributed by atoms with Crippen LogP contribution in [0, 0.1) is 0 Å². The summed E-state index contributed by atoms with van der Waals surface area (Å²) < 4.78 is 0. The van der Waals surface area contributed by atoms with E-state index >= 15 is 0 Å². The van der Waals surface area contributed by atoms with Gasteiger partial charge in [-0.05, 0) is 18.6 Å². The molecule has 1 unspecified atom stereocenters. The predicted molar refractivity (Wildman–Crippen MR) is 60.2 cm³/mol. The molecule has 0 spiro atoms. The summed E-state index contributed by atoms with van der Waals surface area (Å²) in [5.41, 5.74) is 6.13. The molecule has 15 heavy (non-hydrogen) atoms. The molecular weight excluding hydrogens is 216 g/mol. The van der Waals surface area contributed by atoms with Gasteiger partial charge in [0.05, 0.1) is 10.7 Å². The first kappa shape index (κ1) is 11.8. The average Bonchev–Trinajstić information content (AvgIpc) is 2.20. The maximum Gasteiger partial charge on any atom is 0.320 e. The zero-order valence-electron chi connectivity index (χ0n) is 8.11. The van der Waals surface area contributed by atoms with Crippen molar-refractivity contribution >= 4 is 23.3 Å². The lowest BCUT2D eigenvalue weighted by molar-refractivity contribution is -0.138. The topological polar surface area (TPSA) is 75.3 Å². The van der Waals surface area contributed by atoms with E-state index in [-0.39, 0.29) is 0 Å². The molecule has 82 valence electrons. The van der Waals surface area contributed by atoms with E-state index in [1.54, 1.807) is 6.07 Å². The molecule has 1 rings (SSSR count). The van der Waals surface area contributed by atoms with Crippen LogP contribution >= 0.6 is 11.6 Å². The van der Waals surface area contributed by atoms with Crippen LogP contribution < -0.4 is 11.1 Å². The van der Waals surface area contributed by atoms with E-state index in [9.17, 15) is 4.79 Å². The number of anilines is 1. The van der Waals surface area contributed by atoms with Crippen molar-refractivity contribution in [3.8, 4) is 0 Å². The maximum atomic E-state index is 10.4. The van der Waals surface area contributed by atoms with E-state index in [0.29, 0.717) is 18.0 Å². The minimum absolute atomic E-state index is 0.362. The highest BCUT2D eigenvalue weighted by Crippen LogP contribution is 2.20. The van der Waals surface area contributed by atoms with E-state index in [0.717, 1.165) is 5.69 Å². The Morgan fingerprint density at radius 2 is 2.20 bits per heavy atom. The van der Waals surface area contributed by atoms with E-state index in [2.05, 4.69) is 5.32 Å². The van der Waals surface area contributed by atoms with Gasteiger partial charge < -0.3 is 16.2 Å². The highest BCUT2D eigenvalue weighted by molar-refractivity contribution is 6.33. The Morgan fingerprint density at radius 3 is 2.80 bits per heavy atom. The Hall–Kier alpha value is -1.26. The van der Waals surface area contributed by atoms with Crippen molar-refractivity contribution in [3.63, 3.8) is 0 Å². The van der Waals surface area contributed by atoms with Crippen molar-refractivity contribution in [2.45, 2.75) is 12.5 Å². The Kier molecular flexibility index (Phi) is 4.39. The number of aliphatic carboxylic acids is 1. The normalized spacial score (nSPS) is 12.1. The van der Waals surface area contributed by atoms with Crippen LogP contribution in [0.4, 0.5) is 5.69 Å². The largest absolute Gasteiger partial charge is 0.480 e. The molecule has 0 radical (unpaired) electrons. The molecule has 0 aliphatic heterocycles. The van der Waals surface area contributed by atoms with Gasteiger partial charge >= 0.3 is 5.97 Å². The Balaban J connectivity index is 2.38. The number of para-hydroxylation sites is 1. The second-order valence-electron chi connectivity index (χ2n) is 3.14. The van der Waals surface area contributed by atoms with Gasteiger partial charge in [-0.15, -0.1) is 0 Å². The van der Waals surface area contributed by atoms with Crippen LogP contribution in [0.3, 0.4) is 0 Å². The lowest BCUT2D eigenvalue weighted by Gasteiger charge is -2.09. The van der Waals surface area contributed by atoms with Gasteiger partial charge in [0.25, 0.3) is 0 Å². The zero-order chi connectivity index (χ0) is 11.3. The average molecular weight is 229 g/mol. The number of nitrogens with two attached hydrogens (primary N) is 1. The summed E-state index contributed by atoms with van der Waals surface area (Å²) in [4.78, 5) is 10.4. The molecular formula is C10H13ClN2O2. The minimum Gasteiger partial charge on any atom is -0.480 e. The number of carbonyl (C=O) groups is 1. The van der Waals surface area contributed by atoms with Gasteiger partial charge in [0, 0.05) is 6.54 Å². The highest BCUT2D eigenvalue weighted by Gasteiger charge is 2.10. The summed E-state index contributed by atoms with van der Waals surface area (Å²) in [6.45, 7) is 0.483. The van der Waals surface area contributed by atoms with Gasteiger partial charge in [0.1, 0.15) is 6.04 Å². The van der Waals surface area contributed by atoms with Crippen LogP contribution in [-0.4, -0.2) is 23.7 Å². The summed E-state index contributed by atoms with van der Waals surface area (Å²) in [5.74, 6) is -0.990. The fraction of sp³-hybridized carbons (Fsp3) is 0.300. The van der Waals surface area contributed by atoms with Crippen molar-refractivity contribution in [3.05, 3.63) is 29.3 Å². The van der Waals surface area contributed by atoms with Gasteiger partial charge in [-0.1, -0.05) is 23.7 Å². The second-order valence-corrected chi connectivity index (χ2v) is 3.55. The molecule has 1 aromatic carbocycles. The molecule has 0 aromatic heterocycles. The summed E-state index contributed by atoms with van der Waals surface area (Å²) in [7, 11) is 0. The molecule has 0 heterocycles. The first-order valence-electron chi connectivity index (χ1n) is 4.58. The standard InChI is InChI=1S/C10H13ClN2O2/c11-7-3-1-2-4-9(7)13-6-5-8(12)10(14)15/h1-4,8,13H,5-6,12H2,(H,14,15). The number of benzene rings is 1. The lowest BCUT2D eigenvalue weighted by Crippen LogP contribution is -2.32. The van der Waals surface area contributed by atoms with Crippen molar-refractivity contribution in [1.29, 1.82) is 0 Å². The molecule has 4 N–H and O–H groups in total. The number of hydrogen-bond acceptors (Lipinski definition) is 3. The molecule has 0 amide bonds. The van der Waals surface area contributed by atoms with Crippen LogP contribution in [0.2, 0.25) is 5.02 Å². The van der Waals surface area contributed by atoms with Crippen molar-refractivity contribution in [2.24, 2.45) is 5.73 Å². The number of halogens is 1. The fourth-order valence-electron chi connectivity index (χ4n) is 1.09. The van der Waals surface area contributed by atoms with Gasteiger partial charge in [-0.25, -0.2) is 0 Å².